The first-order valence-corrected chi connectivity index (χ1v) is 3.32. The predicted octanol–water partition coefficient (Wildman–Crippen LogP) is 1.30. The summed E-state index contributed by atoms with van der Waals surface area (Å²) >= 11 is 0. The van der Waals surface area contributed by atoms with Crippen LogP contribution in [0.1, 0.15) is 11.1 Å². The van der Waals surface area contributed by atoms with Crippen molar-refractivity contribution in [2.75, 3.05) is 0 Å². The van der Waals surface area contributed by atoms with Gasteiger partial charge in [0.15, 0.2) is 0 Å². The summed E-state index contributed by atoms with van der Waals surface area (Å²) in [5.41, 5.74) is 1.57. The van der Waals surface area contributed by atoms with Crippen molar-refractivity contribution in [3.8, 4) is 0 Å². The summed E-state index contributed by atoms with van der Waals surface area (Å²) in [6, 6.07) is 6.99. The van der Waals surface area contributed by atoms with Gasteiger partial charge in [-0.1, -0.05) is 34.6 Å². The minimum absolute atomic E-state index is 0.785. The van der Waals surface area contributed by atoms with Crippen LogP contribution in [0, 0.1) is 0 Å². The van der Waals surface area contributed by atoms with E-state index >= 15 is 0 Å². The zero-order valence-corrected chi connectivity index (χ0v) is 6.25. The van der Waals surface area contributed by atoms with E-state index in [1.807, 2.05) is 0 Å². The van der Waals surface area contributed by atoms with E-state index in [1.165, 1.54) is 12.4 Å². The molecule has 1 aromatic carbocycles. The van der Waals surface area contributed by atoms with Crippen molar-refractivity contribution in [3.05, 3.63) is 35.4 Å². The normalized spacial score (nSPS) is 11.3. The van der Waals surface area contributed by atoms with Crippen molar-refractivity contribution in [1.29, 1.82) is 0 Å². The van der Waals surface area contributed by atoms with Crippen LogP contribution in [-0.2, 0) is 0 Å². The van der Waals surface area contributed by atoms with E-state index in [9.17, 15) is 0 Å². The SMILES string of the molecule is O/N=C\c1ccc(/C=N/O)cc1. The smallest absolute Gasteiger partial charge is 0.0733 e. The molecule has 1 rings (SSSR count). The zero-order chi connectivity index (χ0) is 8.81. The third kappa shape index (κ3) is 2.09. The van der Waals surface area contributed by atoms with Crippen LogP contribution in [-0.4, -0.2) is 22.8 Å². The number of hydrogen-bond acceptors (Lipinski definition) is 4. The van der Waals surface area contributed by atoms with Crippen LogP contribution in [0.3, 0.4) is 0 Å². The molecule has 12 heavy (non-hydrogen) atoms. The fraction of sp³-hybridized carbons (Fsp3) is 0. The summed E-state index contributed by atoms with van der Waals surface area (Å²) in [7, 11) is 0. The van der Waals surface area contributed by atoms with Crippen LogP contribution >= 0.6 is 0 Å². The Morgan fingerprint density at radius 2 is 1.17 bits per heavy atom. The minimum Gasteiger partial charge on any atom is -0.411 e. The predicted molar refractivity (Wildman–Crippen MR) is 45.2 cm³/mol. The average Bonchev–Trinajstić information content (AvgIpc) is 2.09. The van der Waals surface area contributed by atoms with Gasteiger partial charge in [-0.3, -0.25) is 0 Å². The molecule has 0 spiro atoms. The Kier molecular flexibility index (Phi) is 2.84. The molecule has 0 aromatic heterocycles. The molecule has 1 aromatic rings. The second-order valence-corrected chi connectivity index (χ2v) is 2.16. The summed E-state index contributed by atoms with van der Waals surface area (Å²) in [4.78, 5) is 0. The second-order valence-electron chi connectivity index (χ2n) is 2.16. The average molecular weight is 164 g/mol. The Morgan fingerprint density at radius 1 is 0.833 bits per heavy atom. The molecule has 0 fully saturated rings. The van der Waals surface area contributed by atoms with Crippen LogP contribution in [0.5, 0.6) is 0 Å². The number of nitrogens with zero attached hydrogens (tertiary/aromatic N) is 2. The maximum absolute atomic E-state index is 8.20. The Balaban J connectivity index is 2.85. The first-order valence-electron chi connectivity index (χ1n) is 3.32. The maximum Gasteiger partial charge on any atom is 0.0733 e. The third-order valence-electron chi connectivity index (χ3n) is 1.35. The second kappa shape index (κ2) is 4.12. The molecule has 4 nitrogen and oxygen atoms in total. The quantitative estimate of drug-likeness (QED) is 0.393. The summed E-state index contributed by atoms with van der Waals surface area (Å²) in [5.74, 6) is 0. The van der Waals surface area contributed by atoms with Crippen LogP contribution < -0.4 is 0 Å². The Labute approximate surface area is 69.4 Å². The van der Waals surface area contributed by atoms with Gasteiger partial charge in [0.25, 0.3) is 0 Å². The van der Waals surface area contributed by atoms with Gasteiger partial charge < -0.3 is 10.4 Å². The summed E-state index contributed by atoms with van der Waals surface area (Å²) in [5, 5.41) is 22.1. The number of rotatable bonds is 2. The minimum atomic E-state index is 0.785. The van der Waals surface area contributed by atoms with E-state index in [0.29, 0.717) is 0 Å². The van der Waals surface area contributed by atoms with Crippen molar-refractivity contribution >= 4 is 12.4 Å². The highest BCUT2D eigenvalue weighted by Crippen LogP contribution is 1.99. The van der Waals surface area contributed by atoms with Gasteiger partial charge in [-0.25, -0.2) is 0 Å². The molecule has 0 atom stereocenters. The molecule has 0 amide bonds. The molecule has 0 bridgehead atoms. The van der Waals surface area contributed by atoms with Crippen LogP contribution in [0.4, 0.5) is 0 Å². The van der Waals surface area contributed by atoms with E-state index in [1.54, 1.807) is 24.3 Å². The van der Waals surface area contributed by atoms with Gasteiger partial charge in [-0.05, 0) is 11.1 Å². The number of oxime groups is 2. The lowest BCUT2D eigenvalue weighted by Gasteiger charge is -1.92. The van der Waals surface area contributed by atoms with E-state index < -0.39 is 0 Å². The molecule has 62 valence electrons. The molecule has 0 saturated heterocycles. The van der Waals surface area contributed by atoms with Gasteiger partial charge in [-0.2, -0.15) is 0 Å². The monoisotopic (exact) mass is 164 g/mol. The standard InChI is InChI=1S/C8H8N2O2/c11-9-5-7-1-2-8(4-3-7)6-10-12/h1-6,11-12H/b9-5-,10-6+. The van der Waals surface area contributed by atoms with Gasteiger partial charge in [0.2, 0.25) is 0 Å². The van der Waals surface area contributed by atoms with Crippen LogP contribution in [0.2, 0.25) is 0 Å². The molecule has 0 aliphatic carbocycles. The summed E-state index contributed by atoms with van der Waals surface area (Å²) in [6.45, 7) is 0. The van der Waals surface area contributed by atoms with Gasteiger partial charge in [0, 0.05) is 0 Å². The van der Waals surface area contributed by atoms with Crippen molar-refractivity contribution in [3.63, 3.8) is 0 Å². The van der Waals surface area contributed by atoms with E-state index in [2.05, 4.69) is 10.3 Å². The van der Waals surface area contributed by atoms with Gasteiger partial charge in [0.05, 0.1) is 12.4 Å². The Bertz CT molecular complexity index is 259. The highest BCUT2D eigenvalue weighted by Gasteiger charge is 1.88. The molecule has 0 radical (unpaired) electrons. The molecule has 0 aliphatic heterocycles. The van der Waals surface area contributed by atoms with Gasteiger partial charge >= 0.3 is 0 Å². The molecule has 0 saturated carbocycles. The molecular weight excluding hydrogens is 156 g/mol. The molecule has 0 unspecified atom stereocenters. The first kappa shape index (κ1) is 8.26. The first-order chi connectivity index (χ1) is 5.86. The molecule has 2 N–H and O–H groups in total. The van der Waals surface area contributed by atoms with Gasteiger partial charge in [0.1, 0.15) is 0 Å². The van der Waals surface area contributed by atoms with E-state index in [-0.39, 0.29) is 0 Å². The number of benzene rings is 1. The molecule has 4 heteroatoms. The third-order valence-corrected chi connectivity index (χ3v) is 1.35. The topological polar surface area (TPSA) is 65.2 Å². The Morgan fingerprint density at radius 3 is 1.42 bits per heavy atom. The lowest BCUT2D eigenvalue weighted by atomic mass is 10.2. The van der Waals surface area contributed by atoms with Gasteiger partial charge in [-0.15, -0.1) is 0 Å². The lowest BCUT2D eigenvalue weighted by Crippen LogP contribution is -1.83. The highest BCUT2D eigenvalue weighted by molar-refractivity contribution is 5.83. The fourth-order valence-electron chi connectivity index (χ4n) is 0.801. The lowest BCUT2D eigenvalue weighted by molar-refractivity contribution is 0.321. The van der Waals surface area contributed by atoms with Crippen molar-refractivity contribution < 1.29 is 10.4 Å². The van der Waals surface area contributed by atoms with E-state index in [4.69, 9.17) is 10.4 Å². The van der Waals surface area contributed by atoms with E-state index in [0.717, 1.165) is 11.1 Å². The maximum atomic E-state index is 8.20. The largest absolute Gasteiger partial charge is 0.411 e. The fourth-order valence-corrected chi connectivity index (χ4v) is 0.801. The van der Waals surface area contributed by atoms with Crippen molar-refractivity contribution in [2.24, 2.45) is 10.3 Å². The number of hydrogen-bond donors (Lipinski definition) is 2. The van der Waals surface area contributed by atoms with Crippen molar-refractivity contribution in [1.82, 2.24) is 0 Å². The van der Waals surface area contributed by atoms with Crippen LogP contribution in [0.25, 0.3) is 0 Å². The van der Waals surface area contributed by atoms with Crippen molar-refractivity contribution in [2.45, 2.75) is 0 Å². The molecule has 0 aliphatic rings. The zero-order valence-electron chi connectivity index (χ0n) is 6.25. The molecular formula is C8H8N2O2. The highest BCUT2D eigenvalue weighted by atomic mass is 16.4. The summed E-state index contributed by atoms with van der Waals surface area (Å²) < 4.78 is 0. The molecule has 0 heterocycles. The van der Waals surface area contributed by atoms with Crippen LogP contribution in [0.15, 0.2) is 34.6 Å². The summed E-state index contributed by atoms with van der Waals surface area (Å²) in [6.07, 6.45) is 2.64. The Hall–Kier alpha value is -1.84.